The van der Waals surface area contributed by atoms with Gasteiger partial charge in [0, 0.05) is 177 Å². The first-order valence-corrected chi connectivity index (χ1v) is 44.7. The number of aliphatic hydroxyl groups excluding tert-OH is 1. The van der Waals surface area contributed by atoms with Crippen LogP contribution in [0.5, 0.6) is 0 Å². The number of aromatic amines is 1. The van der Waals surface area contributed by atoms with E-state index in [4.69, 9.17) is 34.5 Å². The fourth-order valence-electron chi connectivity index (χ4n) is 18.2. The highest BCUT2D eigenvalue weighted by Crippen LogP contribution is 2.36. The van der Waals surface area contributed by atoms with Crippen molar-refractivity contribution >= 4 is 86.9 Å². The summed E-state index contributed by atoms with van der Waals surface area (Å²) in [6.45, 7) is 17.9. The summed E-state index contributed by atoms with van der Waals surface area (Å²) in [5.41, 5.74) is 15.2. The van der Waals surface area contributed by atoms with E-state index in [9.17, 15) is 43.5 Å². The van der Waals surface area contributed by atoms with Gasteiger partial charge in [-0.1, -0.05) is 75.4 Å². The van der Waals surface area contributed by atoms with Gasteiger partial charge in [-0.2, -0.15) is 5.10 Å². The SMILES string of the molecule is CO[C@H]1CC2CCCC(O2)C(=O)C(=O)N2CCCC[C@H]2C(=O)O[C@H](CCC2CCC(OC(=O)NCc3cnc(N4CCN(C(=O)CCOCCN5CCN(c6ncc(C(=O)N7CCc8cc(Cn9nc(-c%10cnc%11[nH]ccc%11c%10)c%10c(N)ncnc%109)ccc8C7)cn6)CC5)CC4)nc3)CC2)CC(=O)[C@H](C)/C=C(\C)[C@@H](O)CC(=O)[C@H](C)C[C@H](C)/C=C/C=CC=C1C. The van der Waals surface area contributed by atoms with Gasteiger partial charge >= 0.3 is 12.1 Å². The number of anilines is 3. The van der Waals surface area contributed by atoms with Crippen molar-refractivity contribution in [1.29, 1.82) is 0 Å². The van der Waals surface area contributed by atoms with E-state index in [1.807, 2.05) is 88.9 Å². The fourth-order valence-corrected chi connectivity index (χ4v) is 18.2. The Bertz CT molecular complexity index is 5060. The Labute approximate surface area is 729 Å². The minimum Gasteiger partial charge on any atom is -0.460 e. The highest BCUT2D eigenvalue weighted by Gasteiger charge is 2.42. The van der Waals surface area contributed by atoms with Crippen molar-refractivity contribution < 1.29 is 67.1 Å². The van der Waals surface area contributed by atoms with Gasteiger partial charge in [-0.05, 0) is 156 Å². The zero-order valence-electron chi connectivity index (χ0n) is 72.8. The number of aromatic nitrogens is 10. The van der Waals surface area contributed by atoms with E-state index in [1.165, 1.54) is 16.8 Å². The molecule has 12 heterocycles. The number of cyclic esters (lactones) is 1. The Balaban J connectivity index is 0.474. The van der Waals surface area contributed by atoms with Crippen LogP contribution in [0.2, 0.25) is 0 Å². The van der Waals surface area contributed by atoms with Crippen molar-refractivity contribution in [3.8, 4) is 11.3 Å². The Hall–Kier alpha value is -11.1. The molecule has 14 rings (SSSR count). The summed E-state index contributed by atoms with van der Waals surface area (Å²) in [6.07, 6.45) is 27.4. The number of carbonyl (C=O) groups excluding carboxylic acids is 8. The molecule has 1 aliphatic carbocycles. The van der Waals surface area contributed by atoms with Gasteiger partial charge in [-0.15, -0.1) is 0 Å². The Morgan fingerprint density at radius 2 is 1.47 bits per heavy atom. The second-order valence-corrected chi connectivity index (χ2v) is 34.8. The normalized spacial score (nSPS) is 25.5. The number of H-pyrrole nitrogens is 1. The molecule has 2 unspecified atom stereocenters. The number of piperidine rings is 1. The maximum absolute atomic E-state index is 14.5. The minimum absolute atomic E-state index is 0.0309. The largest absolute Gasteiger partial charge is 0.460 e. The molecule has 0 spiro atoms. The Morgan fingerprint density at radius 1 is 0.712 bits per heavy atom. The van der Waals surface area contributed by atoms with Crippen LogP contribution in [0, 0.1) is 23.7 Å². The standard InChI is InChI=1S/C93H120N18O14/c1-59-13-8-7-9-14-60(2)80(121-6)48-73-15-12-17-79(123-73)84(116)89(118)110-30-11-10-16-75(110)90(119)124-74(47-76(112)62(4)44-63(5)78(114)49-77(113)61(3)43-59)25-21-64-19-23-72(24-20-64)125-93(120)101-52-66-50-97-91(98-51-66)108-38-36-106(37-39-108)81(115)28-41-122-42-40-105-32-34-107(35-33-105)92-99-54-71(55-100-92)88(117)109-31-27-67-45-65(18-22-69(67)57-109)56-111-87-82(85(94)102-58-103-87)83(104-111)70-46-68-26-29-95-86(68)96-53-70/h7-9,13-14,18,22,26,29,44-46,50-51,53-55,58-59,61-62,64,72-75,78-80,114H,10-12,15-17,19-21,23-25,27-28,30-43,47-49,52,56-57H2,1-6H3,(H,95,96)(H,101,120)(H2,94,102,103)/b9-7?,13-8+,60-14?,63-44+/t59-,61-,62-,64?,72?,73?,74-,75+,78+,79?,80+/m1/s1. The number of alkyl carbamates (subject to hydrolysis) is 1. The number of carbonyl (C=O) groups is 8. The summed E-state index contributed by atoms with van der Waals surface area (Å²) < 4.78 is 32.3. The number of nitrogens with one attached hydrogen (secondary N) is 2. The third-order valence-electron chi connectivity index (χ3n) is 25.8. The van der Waals surface area contributed by atoms with E-state index in [0.29, 0.717) is 194 Å². The molecule has 32 heteroatoms. The second-order valence-electron chi connectivity index (χ2n) is 34.8. The molecular weight excluding hydrogens is 1590 g/mol. The van der Waals surface area contributed by atoms with Crippen LogP contribution in [0.3, 0.4) is 0 Å². The van der Waals surface area contributed by atoms with Gasteiger partial charge in [0.1, 0.15) is 59.4 Å². The average Bonchev–Trinajstić information content (AvgIpc) is 1.61. The topological polar surface area (TPSA) is 384 Å². The minimum atomic E-state index is -1.09. The van der Waals surface area contributed by atoms with Crippen LogP contribution in [0.4, 0.5) is 22.5 Å². The average molecular weight is 1710 g/mol. The van der Waals surface area contributed by atoms with E-state index in [1.54, 1.807) is 58.0 Å². The molecule has 5 N–H and O–H groups in total. The molecule has 0 radical (unpaired) electrons. The summed E-state index contributed by atoms with van der Waals surface area (Å²) in [7, 11) is 1.63. The first kappa shape index (κ1) is 90.2. The molecule has 666 valence electrons. The van der Waals surface area contributed by atoms with Gasteiger partial charge in [0.25, 0.3) is 11.8 Å². The summed E-state index contributed by atoms with van der Waals surface area (Å²) in [6, 6.07) is 9.30. The van der Waals surface area contributed by atoms with E-state index >= 15 is 0 Å². The molecule has 1 saturated carbocycles. The number of amides is 4. The van der Waals surface area contributed by atoms with Crippen LogP contribution < -0.4 is 20.9 Å². The van der Waals surface area contributed by atoms with E-state index in [0.717, 1.165) is 78.9 Å². The van der Waals surface area contributed by atoms with Crippen LogP contribution in [0.15, 0.2) is 121 Å². The fraction of sp³-hybridized carbons (Fsp3) is 0.548. The van der Waals surface area contributed by atoms with Crippen molar-refractivity contribution in [3.63, 3.8) is 0 Å². The van der Waals surface area contributed by atoms with Gasteiger partial charge in [0.15, 0.2) is 5.65 Å². The van der Waals surface area contributed by atoms with Gasteiger partial charge in [0.2, 0.25) is 23.6 Å². The van der Waals surface area contributed by atoms with E-state index < -0.39 is 54.0 Å². The highest BCUT2D eigenvalue weighted by atomic mass is 16.6. The summed E-state index contributed by atoms with van der Waals surface area (Å²) in [5, 5.41) is 20.7. The number of rotatable bonds is 19. The third kappa shape index (κ3) is 23.6. The molecule has 125 heavy (non-hydrogen) atoms. The Kier molecular flexibility index (Phi) is 30.8. The number of esters is 1. The van der Waals surface area contributed by atoms with Crippen molar-refractivity contribution in [3.05, 3.63) is 149 Å². The number of pyridine rings is 1. The number of ketones is 3. The number of Topliss-reactive ketones (excluding diaryl/α,β-unsaturated/α-hetero) is 3. The van der Waals surface area contributed by atoms with Crippen LogP contribution in [0.1, 0.15) is 176 Å². The molecule has 1 aromatic carbocycles. The van der Waals surface area contributed by atoms with Crippen LogP contribution >= 0.6 is 0 Å². The molecule has 7 aromatic rings. The molecule has 6 aliphatic heterocycles. The lowest BCUT2D eigenvalue weighted by Crippen LogP contribution is -2.54. The molecule has 7 aliphatic rings. The maximum Gasteiger partial charge on any atom is 0.407 e. The smallest absolute Gasteiger partial charge is 0.407 e. The predicted octanol–water partition coefficient (Wildman–Crippen LogP) is 10.0. The number of methoxy groups -OCH3 is 1. The van der Waals surface area contributed by atoms with Crippen LogP contribution in [-0.4, -0.2) is 256 Å². The van der Waals surface area contributed by atoms with Crippen LogP contribution in [0.25, 0.3) is 33.3 Å². The van der Waals surface area contributed by atoms with E-state index in [-0.39, 0.29) is 91.8 Å². The van der Waals surface area contributed by atoms with Gasteiger partial charge in [-0.25, -0.2) is 49.2 Å². The van der Waals surface area contributed by atoms with Crippen LogP contribution in [-0.2, 0) is 78.5 Å². The summed E-state index contributed by atoms with van der Waals surface area (Å²) in [4.78, 5) is 157. The summed E-state index contributed by atoms with van der Waals surface area (Å²) >= 11 is 0. The third-order valence-corrected chi connectivity index (χ3v) is 25.8. The second kappa shape index (κ2) is 42.8. The number of fused-ring (bicyclic) bond motifs is 6. The van der Waals surface area contributed by atoms with Crippen molar-refractivity contribution in [2.24, 2.45) is 23.7 Å². The molecule has 4 saturated heterocycles. The van der Waals surface area contributed by atoms with Gasteiger partial charge < -0.3 is 69.3 Å². The molecule has 5 fully saturated rings. The predicted molar refractivity (Wildman–Crippen MR) is 469 cm³/mol. The lowest BCUT2D eigenvalue weighted by molar-refractivity contribution is -0.167. The number of piperazine rings is 2. The maximum atomic E-state index is 14.5. The quantitative estimate of drug-likeness (QED) is 0.0253. The molecular formula is C93H120N18O14. The zero-order valence-corrected chi connectivity index (χ0v) is 72.8. The first-order chi connectivity index (χ1) is 60.5. The number of aliphatic hydroxyl groups is 1. The number of nitrogen functional groups attached to an aromatic ring is 1. The van der Waals surface area contributed by atoms with E-state index in [2.05, 4.69) is 73.2 Å². The number of hydrogen-bond acceptors (Lipinski definition) is 26. The molecule has 32 nitrogen and oxygen atoms in total. The molecule has 4 amide bonds. The number of allylic oxidation sites excluding steroid dienone is 6. The number of ether oxygens (including phenoxy) is 5. The lowest BCUT2D eigenvalue weighted by atomic mass is 9.83. The van der Waals surface area contributed by atoms with Gasteiger partial charge in [-0.3, -0.25) is 33.7 Å². The van der Waals surface area contributed by atoms with Gasteiger partial charge in [0.05, 0.1) is 55.4 Å². The Morgan fingerprint density at radius 3 is 2.24 bits per heavy atom. The molecule has 9 atom stereocenters. The molecule has 2 bridgehead atoms. The molecule has 6 aromatic heterocycles. The first-order valence-electron chi connectivity index (χ1n) is 44.7. The number of nitrogens with two attached hydrogens (primary N) is 1. The van der Waals surface area contributed by atoms with Crippen molar-refractivity contribution in [2.45, 2.75) is 212 Å². The monoisotopic (exact) mass is 1710 g/mol. The van der Waals surface area contributed by atoms with Crippen molar-refractivity contribution in [1.82, 2.24) is 74.6 Å². The lowest BCUT2D eigenvalue weighted by Gasteiger charge is -2.36. The number of benzene rings is 1. The van der Waals surface area contributed by atoms with Crippen molar-refractivity contribution in [2.75, 3.05) is 108 Å². The number of nitrogens with zero attached hydrogens (tertiary/aromatic N) is 15. The highest BCUT2D eigenvalue weighted by molar-refractivity contribution is 6.38. The zero-order chi connectivity index (χ0) is 87.6. The summed E-state index contributed by atoms with van der Waals surface area (Å²) in [5.74, 6) is -1.80. The number of hydrogen-bond donors (Lipinski definition) is 4.